The van der Waals surface area contributed by atoms with Crippen molar-refractivity contribution in [3.05, 3.63) is 29.3 Å². The van der Waals surface area contributed by atoms with E-state index in [-0.39, 0.29) is 11.4 Å². The first-order valence-corrected chi connectivity index (χ1v) is 9.13. The zero-order valence-corrected chi connectivity index (χ0v) is 14.3. The van der Waals surface area contributed by atoms with Gasteiger partial charge in [0.1, 0.15) is 5.75 Å². The maximum Gasteiger partial charge on any atom is 0.261 e. The van der Waals surface area contributed by atoms with Gasteiger partial charge in [-0.05, 0) is 81.4 Å². The second-order valence-electron chi connectivity index (χ2n) is 7.90. The lowest BCUT2D eigenvalue weighted by atomic mass is 9.53. The summed E-state index contributed by atoms with van der Waals surface area (Å²) in [6.07, 6.45) is 7.12. The van der Waals surface area contributed by atoms with Crippen LogP contribution in [0, 0.1) is 17.8 Å². The predicted molar refractivity (Wildman–Crippen MR) is 90.6 cm³/mol. The van der Waals surface area contributed by atoms with E-state index in [0.717, 1.165) is 37.0 Å². The molecule has 4 aliphatic rings. The molecule has 0 aromatic heterocycles. The minimum atomic E-state index is -0.499. The smallest absolute Gasteiger partial charge is 0.261 e. The molecule has 1 amide bonds. The van der Waals surface area contributed by atoms with Crippen molar-refractivity contribution in [2.45, 2.75) is 57.1 Å². The van der Waals surface area contributed by atoms with Gasteiger partial charge >= 0.3 is 0 Å². The Morgan fingerprint density at radius 2 is 1.83 bits per heavy atom. The molecule has 0 heterocycles. The van der Waals surface area contributed by atoms with Crippen molar-refractivity contribution < 1.29 is 9.53 Å². The van der Waals surface area contributed by atoms with E-state index in [1.165, 1.54) is 19.3 Å². The molecule has 4 fully saturated rings. The monoisotopic (exact) mass is 333 g/mol. The molecule has 1 atom stereocenters. The van der Waals surface area contributed by atoms with E-state index in [4.69, 9.17) is 16.3 Å². The number of rotatable bonds is 4. The summed E-state index contributed by atoms with van der Waals surface area (Å²) in [5.74, 6) is 3.12. The van der Waals surface area contributed by atoms with Crippen LogP contribution in [0.4, 0.5) is 0 Å². The van der Waals surface area contributed by atoms with Crippen LogP contribution in [0.5, 0.6) is 5.75 Å². The molecule has 1 aromatic rings. The largest absolute Gasteiger partial charge is 0.481 e. The first kappa shape index (κ1) is 15.3. The Bertz CT molecular complexity index is 580. The fourth-order valence-corrected chi connectivity index (χ4v) is 5.60. The van der Waals surface area contributed by atoms with Gasteiger partial charge in [-0.15, -0.1) is 0 Å². The van der Waals surface area contributed by atoms with Crippen LogP contribution in [-0.2, 0) is 4.79 Å². The first-order chi connectivity index (χ1) is 11.0. The summed E-state index contributed by atoms with van der Waals surface area (Å²) in [6, 6.07) is 7.21. The van der Waals surface area contributed by atoms with Crippen LogP contribution in [-0.4, -0.2) is 17.6 Å². The van der Waals surface area contributed by atoms with Gasteiger partial charge in [-0.1, -0.05) is 17.7 Å². The quantitative estimate of drug-likeness (QED) is 0.897. The third-order valence-electron chi connectivity index (χ3n) is 5.90. The molecular weight excluding hydrogens is 310 g/mol. The van der Waals surface area contributed by atoms with Crippen LogP contribution in [0.1, 0.15) is 45.4 Å². The van der Waals surface area contributed by atoms with Gasteiger partial charge in [-0.3, -0.25) is 4.79 Å². The maximum atomic E-state index is 12.6. The van der Waals surface area contributed by atoms with Gasteiger partial charge in [0.15, 0.2) is 6.10 Å². The molecule has 0 unspecified atom stereocenters. The van der Waals surface area contributed by atoms with E-state index < -0.39 is 6.10 Å². The van der Waals surface area contributed by atoms with Crippen molar-refractivity contribution >= 4 is 17.5 Å². The van der Waals surface area contributed by atoms with Crippen molar-refractivity contribution in [2.24, 2.45) is 17.8 Å². The van der Waals surface area contributed by atoms with Gasteiger partial charge in [0.25, 0.3) is 5.91 Å². The number of ether oxygens (including phenoxy) is 1. The second kappa shape index (κ2) is 5.70. The van der Waals surface area contributed by atoms with Crippen LogP contribution >= 0.6 is 11.6 Å². The molecule has 124 valence electrons. The molecule has 0 spiro atoms. The Morgan fingerprint density at radius 1 is 1.22 bits per heavy atom. The lowest BCUT2D eigenvalue weighted by molar-refractivity contribution is -0.133. The van der Waals surface area contributed by atoms with Crippen molar-refractivity contribution in [1.29, 1.82) is 0 Å². The molecule has 0 aliphatic heterocycles. The second-order valence-corrected chi connectivity index (χ2v) is 8.34. The van der Waals surface area contributed by atoms with E-state index in [1.807, 2.05) is 19.1 Å². The molecule has 23 heavy (non-hydrogen) atoms. The summed E-state index contributed by atoms with van der Waals surface area (Å²) in [4.78, 5) is 12.6. The number of carbonyl (C=O) groups is 1. The Hall–Kier alpha value is -1.22. The molecule has 0 saturated heterocycles. The number of nitrogens with one attached hydrogen (secondary N) is 1. The number of amides is 1. The lowest BCUT2D eigenvalue weighted by Crippen LogP contribution is -2.61. The minimum absolute atomic E-state index is 0.00641. The Kier molecular flexibility index (Phi) is 3.79. The molecule has 5 rings (SSSR count). The van der Waals surface area contributed by atoms with Gasteiger partial charge < -0.3 is 10.1 Å². The van der Waals surface area contributed by atoms with Crippen molar-refractivity contribution in [3.8, 4) is 5.75 Å². The minimum Gasteiger partial charge on any atom is -0.481 e. The molecule has 0 radical (unpaired) electrons. The van der Waals surface area contributed by atoms with E-state index in [0.29, 0.717) is 10.8 Å². The van der Waals surface area contributed by atoms with E-state index >= 15 is 0 Å². The van der Waals surface area contributed by atoms with Crippen molar-refractivity contribution in [1.82, 2.24) is 5.32 Å². The zero-order chi connectivity index (χ0) is 16.0. The highest BCUT2D eigenvalue weighted by molar-refractivity contribution is 6.30. The summed E-state index contributed by atoms with van der Waals surface area (Å²) >= 11 is 5.97. The highest BCUT2D eigenvalue weighted by Gasteiger charge is 2.51. The summed E-state index contributed by atoms with van der Waals surface area (Å²) in [5, 5.41) is 3.98. The van der Waals surface area contributed by atoms with E-state index in [9.17, 15) is 4.79 Å². The normalized spacial score (nSPS) is 35.8. The van der Waals surface area contributed by atoms with Crippen LogP contribution in [0.3, 0.4) is 0 Å². The molecule has 3 nitrogen and oxygen atoms in total. The van der Waals surface area contributed by atoms with Gasteiger partial charge in [0.05, 0.1) is 0 Å². The average molecular weight is 334 g/mol. The Labute approximate surface area is 142 Å². The van der Waals surface area contributed by atoms with Crippen LogP contribution in [0.2, 0.25) is 5.02 Å². The summed E-state index contributed by atoms with van der Waals surface area (Å²) in [7, 11) is 0. The Morgan fingerprint density at radius 3 is 2.39 bits per heavy atom. The van der Waals surface area contributed by atoms with Gasteiger partial charge in [0.2, 0.25) is 0 Å². The van der Waals surface area contributed by atoms with E-state index in [2.05, 4.69) is 5.32 Å². The summed E-state index contributed by atoms with van der Waals surface area (Å²) < 4.78 is 5.77. The lowest BCUT2D eigenvalue weighted by Gasteiger charge is -2.57. The highest BCUT2D eigenvalue weighted by Crippen LogP contribution is 2.55. The summed E-state index contributed by atoms with van der Waals surface area (Å²) in [5.41, 5.74) is 0.0395. The standard InChI is InChI=1S/C19H24ClNO2/c1-12(23-17-4-2-3-16(20)8-17)18(22)21-19-9-13-5-14(10-19)7-15(6-13)11-19/h2-4,8,12-15H,5-7,9-11H2,1H3,(H,21,22)/t12-,13?,14?,15?,19?/m1/s1. The van der Waals surface area contributed by atoms with Crippen molar-refractivity contribution in [3.63, 3.8) is 0 Å². The fraction of sp³-hybridized carbons (Fsp3) is 0.632. The maximum absolute atomic E-state index is 12.6. The topological polar surface area (TPSA) is 38.3 Å². The third-order valence-corrected chi connectivity index (χ3v) is 6.14. The molecule has 4 heteroatoms. The fourth-order valence-electron chi connectivity index (χ4n) is 5.42. The molecule has 4 bridgehead atoms. The van der Waals surface area contributed by atoms with Crippen LogP contribution in [0.15, 0.2) is 24.3 Å². The third kappa shape index (κ3) is 3.08. The zero-order valence-electron chi connectivity index (χ0n) is 13.6. The predicted octanol–water partition coefficient (Wildman–Crippen LogP) is 4.19. The number of halogens is 1. The number of hydrogen-bond donors (Lipinski definition) is 1. The van der Waals surface area contributed by atoms with Crippen LogP contribution < -0.4 is 10.1 Å². The Balaban J connectivity index is 1.41. The molecule has 4 aliphatic carbocycles. The first-order valence-electron chi connectivity index (χ1n) is 8.76. The highest BCUT2D eigenvalue weighted by atomic mass is 35.5. The molecular formula is C19H24ClNO2. The summed E-state index contributed by atoms with van der Waals surface area (Å²) in [6.45, 7) is 1.82. The SMILES string of the molecule is C[C@@H](Oc1cccc(Cl)c1)C(=O)NC12CC3CC(CC(C3)C1)C2. The number of benzene rings is 1. The van der Waals surface area contributed by atoms with Gasteiger partial charge in [-0.25, -0.2) is 0 Å². The number of hydrogen-bond acceptors (Lipinski definition) is 2. The van der Waals surface area contributed by atoms with Gasteiger partial charge in [0, 0.05) is 10.6 Å². The van der Waals surface area contributed by atoms with Gasteiger partial charge in [-0.2, -0.15) is 0 Å². The van der Waals surface area contributed by atoms with Crippen molar-refractivity contribution in [2.75, 3.05) is 0 Å². The van der Waals surface area contributed by atoms with E-state index in [1.54, 1.807) is 12.1 Å². The average Bonchev–Trinajstić information content (AvgIpc) is 2.45. The molecule has 1 N–H and O–H groups in total. The van der Waals surface area contributed by atoms with Crippen LogP contribution in [0.25, 0.3) is 0 Å². The molecule has 4 saturated carbocycles. The molecule has 1 aromatic carbocycles. The number of carbonyl (C=O) groups excluding carboxylic acids is 1.